The number of hydrogen-bond donors (Lipinski definition) is 1. The zero-order valence-corrected chi connectivity index (χ0v) is 20.0. The van der Waals surface area contributed by atoms with Crippen LogP contribution in [0.1, 0.15) is 89.7 Å². The van der Waals surface area contributed by atoms with Crippen molar-refractivity contribution in [2.24, 2.45) is 5.92 Å². The second-order valence-electron chi connectivity index (χ2n) is 9.61. The lowest BCUT2D eigenvalue weighted by Gasteiger charge is -2.39. The third kappa shape index (κ3) is 5.29. The number of ether oxygens (including phenoxy) is 2. The van der Waals surface area contributed by atoms with E-state index in [9.17, 15) is 5.11 Å². The maximum Gasteiger partial charge on any atom is 0.126 e. The van der Waals surface area contributed by atoms with Crippen molar-refractivity contribution in [3.05, 3.63) is 47.6 Å². The van der Waals surface area contributed by atoms with E-state index in [-0.39, 0.29) is 17.3 Å². The number of aliphatic hydroxyl groups excluding tert-OH is 1. The number of unbranched alkanes of at least 4 members (excludes halogenated alkanes) is 3. The molecule has 3 nitrogen and oxygen atoms in total. The van der Waals surface area contributed by atoms with Crippen molar-refractivity contribution in [1.29, 1.82) is 0 Å². The van der Waals surface area contributed by atoms with Crippen LogP contribution in [0.2, 0.25) is 0 Å². The second-order valence-corrected chi connectivity index (χ2v) is 9.61. The molecule has 3 heteroatoms. The van der Waals surface area contributed by atoms with Gasteiger partial charge in [-0.05, 0) is 60.8 Å². The molecule has 1 saturated carbocycles. The molecule has 30 heavy (non-hydrogen) atoms. The van der Waals surface area contributed by atoms with E-state index in [1.54, 1.807) is 14.2 Å². The Morgan fingerprint density at radius 3 is 2.23 bits per heavy atom. The first-order chi connectivity index (χ1) is 14.2. The van der Waals surface area contributed by atoms with Gasteiger partial charge >= 0.3 is 0 Å². The first-order valence-electron chi connectivity index (χ1n) is 11.4. The van der Waals surface area contributed by atoms with Gasteiger partial charge in [-0.1, -0.05) is 65.2 Å². The highest BCUT2D eigenvalue weighted by molar-refractivity contribution is 5.54. The topological polar surface area (TPSA) is 38.7 Å². The monoisotopic (exact) mass is 414 g/mol. The Balaban J connectivity index is 2.50. The summed E-state index contributed by atoms with van der Waals surface area (Å²) in [5.41, 5.74) is 4.13. The molecule has 0 aliphatic heterocycles. The summed E-state index contributed by atoms with van der Waals surface area (Å²) in [6.07, 6.45) is 7.26. The minimum absolute atomic E-state index is 0.0232. The van der Waals surface area contributed by atoms with Crippen molar-refractivity contribution in [3.8, 4) is 11.5 Å². The normalized spacial score (nSPS) is 22.1. The van der Waals surface area contributed by atoms with Crippen LogP contribution in [0.4, 0.5) is 0 Å². The van der Waals surface area contributed by atoms with Crippen molar-refractivity contribution in [1.82, 2.24) is 0 Å². The van der Waals surface area contributed by atoms with E-state index in [2.05, 4.69) is 46.1 Å². The van der Waals surface area contributed by atoms with Crippen molar-refractivity contribution in [2.45, 2.75) is 90.1 Å². The summed E-state index contributed by atoms with van der Waals surface area (Å²) < 4.78 is 11.8. The molecule has 1 aromatic carbocycles. The van der Waals surface area contributed by atoms with Gasteiger partial charge in [0.2, 0.25) is 0 Å². The lowest BCUT2D eigenvalue weighted by Crippen LogP contribution is -2.33. The van der Waals surface area contributed by atoms with Gasteiger partial charge in [0, 0.05) is 11.5 Å². The van der Waals surface area contributed by atoms with Crippen LogP contribution in [-0.4, -0.2) is 25.4 Å². The molecule has 0 bridgehead atoms. The fourth-order valence-corrected chi connectivity index (χ4v) is 4.85. The van der Waals surface area contributed by atoms with Gasteiger partial charge in [0.25, 0.3) is 0 Å². The molecule has 0 saturated heterocycles. The van der Waals surface area contributed by atoms with Crippen molar-refractivity contribution in [3.63, 3.8) is 0 Å². The van der Waals surface area contributed by atoms with E-state index in [0.717, 1.165) is 47.5 Å². The van der Waals surface area contributed by atoms with Gasteiger partial charge < -0.3 is 14.6 Å². The van der Waals surface area contributed by atoms with Crippen molar-refractivity contribution >= 4 is 0 Å². The predicted octanol–water partition coefficient (Wildman–Crippen LogP) is 6.94. The fraction of sp³-hybridized carbons (Fsp3) is 0.630. The Bertz CT molecular complexity index is 721. The first-order valence-corrected chi connectivity index (χ1v) is 11.4. The highest BCUT2D eigenvalue weighted by Gasteiger charge is 2.40. The van der Waals surface area contributed by atoms with Gasteiger partial charge in [-0.15, -0.1) is 0 Å². The third-order valence-corrected chi connectivity index (χ3v) is 6.92. The SMILES string of the molecule is C=C1CC[C@@H](C(=C)C)C(c2c(OC)cc(C(C)(C)CCCCCC)cc2OC)[C@H]1O. The molecular weight excluding hydrogens is 372 g/mol. The number of hydrogen-bond acceptors (Lipinski definition) is 3. The van der Waals surface area contributed by atoms with Crippen LogP contribution in [0, 0.1) is 5.92 Å². The molecule has 2 rings (SSSR count). The molecule has 1 aromatic rings. The Labute approximate surface area is 184 Å². The Kier molecular flexibility index (Phi) is 8.61. The lowest BCUT2D eigenvalue weighted by atomic mass is 9.68. The molecule has 0 amide bonds. The summed E-state index contributed by atoms with van der Waals surface area (Å²) >= 11 is 0. The van der Waals surface area contributed by atoms with Crippen LogP contribution in [0.5, 0.6) is 11.5 Å². The molecule has 0 aromatic heterocycles. The fourth-order valence-electron chi connectivity index (χ4n) is 4.85. The van der Waals surface area contributed by atoms with Gasteiger partial charge in [0.05, 0.1) is 20.3 Å². The second kappa shape index (κ2) is 10.5. The standard InChI is InChI=1S/C27H42O3/c1-9-10-11-12-15-27(5,6)20-16-22(29-7)25(23(17-20)30-8)24-21(18(2)3)14-13-19(4)26(24)28/h16-17,21,24,26,28H,2,4,9-15H2,1,3,5-8H3/t21-,24?,26-/m0/s1. The minimum atomic E-state index is -0.629. The number of aliphatic hydroxyl groups is 1. The molecule has 1 unspecified atom stereocenters. The summed E-state index contributed by atoms with van der Waals surface area (Å²) in [5, 5.41) is 11.1. The third-order valence-electron chi connectivity index (χ3n) is 6.92. The molecule has 1 fully saturated rings. The molecule has 1 aliphatic rings. The molecule has 1 N–H and O–H groups in total. The first kappa shape index (κ1) is 24.5. The van der Waals surface area contributed by atoms with E-state index in [4.69, 9.17) is 9.47 Å². The summed E-state index contributed by atoms with van der Waals surface area (Å²) in [4.78, 5) is 0. The van der Waals surface area contributed by atoms with Gasteiger partial charge in [0.1, 0.15) is 11.5 Å². The Hall–Kier alpha value is -1.74. The van der Waals surface area contributed by atoms with Crippen LogP contribution >= 0.6 is 0 Å². The number of allylic oxidation sites excluding steroid dienone is 1. The average molecular weight is 415 g/mol. The van der Waals surface area contributed by atoms with E-state index < -0.39 is 6.10 Å². The summed E-state index contributed by atoms with van der Waals surface area (Å²) in [5.74, 6) is 1.59. The number of benzene rings is 1. The van der Waals surface area contributed by atoms with E-state index in [1.165, 1.54) is 31.2 Å². The van der Waals surface area contributed by atoms with Crippen LogP contribution in [-0.2, 0) is 5.41 Å². The lowest BCUT2D eigenvalue weighted by molar-refractivity contribution is 0.126. The summed E-state index contributed by atoms with van der Waals surface area (Å²) in [6, 6.07) is 4.30. The van der Waals surface area contributed by atoms with Crippen LogP contribution in [0.25, 0.3) is 0 Å². The van der Waals surface area contributed by atoms with Crippen molar-refractivity contribution < 1.29 is 14.6 Å². The highest BCUT2D eigenvalue weighted by Crippen LogP contribution is 2.50. The molecule has 0 radical (unpaired) electrons. The molecule has 3 atom stereocenters. The summed E-state index contributed by atoms with van der Waals surface area (Å²) in [6.45, 7) is 17.2. The molecule has 168 valence electrons. The van der Waals surface area contributed by atoms with Gasteiger partial charge in [-0.2, -0.15) is 0 Å². The van der Waals surface area contributed by atoms with Gasteiger partial charge in [-0.25, -0.2) is 0 Å². The molecule has 1 aliphatic carbocycles. The van der Waals surface area contributed by atoms with E-state index in [0.29, 0.717) is 0 Å². The Morgan fingerprint density at radius 2 is 1.73 bits per heavy atom. The quantitative estimate of drug-likeness (QED) is 0.333. The van der Waals surface area contributed by atoms with Crippen molar-refractivity contribution in [2.75, 3.05) is 14.2 Å². The highest BCUT2D eigenvalue weighted by atomic mass is 16.5. The zero-order valence-electron chi connectivity index (χ0n) is 20.0. The van der Waals surface area contributed by atoms with Crippen LogP contribution in [0.3, 0.4) is 0 Å². The van der Waals surface area contributed by atoms with E-state index >= 15 is 0 Å². The minimum Gasteiger partial charge on any atom is -0.496 e. The van der Waals surface area contributed by atoms with Crippen LogP contribution < -0.4 is 9.47 Å². The Morgan fingerprint density at radius 1 is 1.13 bits per heavy atom. The van der Waals surface area contributed by atoms with Gasteiger partial charge in [0.15, 0.2) is 0 Å². The maximum atomic E-state index is 11.1. The molecule has 0 spiro atoms. The smallest absolute Gasteiger partial charge is 0.126 e. The largest absolute Gasteiger partial charge is 0.496 e. The molecule has 0 heterocycles. The zero-order chi connectivity index (χ0) is 22.5. The maximum absolute atomic E-state index is 11.1. The average Bonchev–Trinajstić information content (AvgIpc) is 2.72. The van der Waals surface area contributed by atoms with Gasteiger partial charge in [-0.3, -0.25) is 0 Å². The van der Waals surface area contributed by atoms with Crippen LogP contribution in [0.15, 0.2) is 36.4 Å². The predicted molar refractivity (Wildman–Crippen MR) is 127 cm³/mol. The summed E-state index contributed by atoms with van der Waals surface area (Å²) in [7, 11) is 3.41. The number of methoxy groups -OCH3 is 2. The van der Waals surface area contributed by atoms with E-state index in [1.807, 2.05) is 6.92 Å². The molecular formula is C27H42O3. The number of rotatable bonds is 10.